The molecule has 2 unspecified atom stereocenters. The summed E-state index contributed by atoms with van der Waals surface area (Å²) in [6.07, 6.45) is 11.4. The van der Waals surface area contributed by atoms with Gasteiger partial charge in [0.25, 0.3) is 5.91 Å². The molecule has 6 rings (SSSR count). The van der Waals surface area contributed by atoms with E-state index < -0.39 is 0 Å². The maximum Gasteiger partial charge on any atom is 0.253 e. The Morgan fingerprint density at radius 3 is 2.14 bits per heavy atom. The Morgan fingerprint density at radius 1 is 0.931 bits per heavy atom. The monoisotopic (exact) mass is 458 g/mol. The number of hydrogen-bond acceptors (Lipinski definition) is 2. The van der Waals surface area contributed by atoms with E-state index in [0.717, 1.165) is 56.4 Å². The van der Waals surface area contributed by atoms with Gasteiger partial charge in [-0.25, -0.2) is 0 Å². The number of benzene rings is 1. The fourth-order valence-electron chi connectivity index (χ4n) is 6.83. The Bertz CT molecular complexity index is 784. The van der Waals surface area contributed by atoms with Crippen molar-refractivity contribution in [2.75, 3.05) is 18.4 Å². The highest BCUT2D eigenvalue weighted by Crippen LogP contribution is 2.64. The molecule has 29 heavy (non-hydrogen) atoms. The van der Waals surface area contributed by atoms with Crippen LogP contribution < -0.4 is 5.32 Å². The highest BCUT2D eigenvalue weighted by Gasteiger charge is 2.59. The molecule has 5 fully saturated rings. The van der Waals surface area contributed by atoms with Crippen molar-refractivity contribution < 1.29 is 9.59 Å². The maximum atomic E-state index is 13.3. The number of hydrogen-bond donors (Lipinski definition) is 1. The van der Waals surface area contributed by atoms with E-state index >= 15 is 0 Å². The molecule has 1 saturated heterocycles. The third-order valence-electron chi connectivity index (χ3n) is 7.75. The lowest BCUT2D eigenvalue weighted by Gasteiger charge is -2.59. The summed E-state index contributed by atoms with van der Waals surface area (Å²) in [6.45, 7) is 1.72. The van der Waals surface area contributed by atoms with E-state index in [4.69, 9.17) is 0 Å². The quantitative estimate of drug-likeness (QED) is 0.618. The summed E-state index contributed by atoms with van der Waals surface area (Å²) in [5, 5.41) is 3.19. The zero-order chi connectivity index (χ0) is 20.1. The number of nitrogens with one attached hydrogen (secondary N) is 1. The topological polar surface area (TPSA) is 49.4 Å². The van der Waals surface area contributed by atoms with Gasteiger partial charge in [-0.3, -0.25) is 9.59 Å². The molecule has 0 aromatic heterocycles. The molecule has 1 aromatic carbocycles. The molecule has 1 heterocycles. The Labute approximate surface area is 181 Å². The highest BCUT2D eigenvalue weighted by molar-refractivity contribution is 9.10. The van der Waals surface area contributed by atoms with Crippen molar-refractivity contribution in [3.63, 3.8) is 0 Å². The molecule has 2 atom stereocenters. The number of alkyl halides is 1. The van der Waals surface area contributed by atoms with Crippen LogP contribution in [0.5, 0.6) is 0 Å². The van der Waals surface area contributed by atoms with Gasteiger partial charge in [-0.05, 0) is 87.5 Å². The number of anilines is 1. The van der Waals surface area contributed by atoms with E-state index in [2.05, 4.69) is 21.2 Å². The summed E-state index contributed by atoms with van der Waals surface area (Å²) in [5.41, 5.74) is 1.31. The first-order valence-electron chi connectivity index (χ1n) is 11.3. The molecule has 4 aliphatic carbocycles. The lowest BCUT2D eigenvalue weighted by atomic mass is 9.49. The number of carbonyl (C=O) groups excluding carboxylic acids is 2. The molecule has 5 heteroatoms. The summed E-state index contributed by atoms with van der Waals surface area (Å²) in [5.74, 6) is 1.68. The highest BCUT2D eigenvalue weighted by atomic mass is 79.9. The molecule has 4 bridgehead atoms. The number of rotatable bonds is 3. The minimum Gasteiger partial charge on any atom is -0.339 e. The molecule has 1 aromatic rings. The smallest absolute Gasteiger partial charge is 0.253 e. The molecule has 0 spiro atoms. The third-order valence-corrected chi connectivity index (χ3v) is 8.68. The fraction of sp³-hybridized carbons (Fsp3) is 0.667. The van der Waals surface area contributed by atoms with Crippen LogP contribution in [0.3, 0.4) is 0 Å². The minimum absolute atomic E-state index is 0.118. The predicted octanol–water partition coefficient (Wildman–Crippen LogP) is 5.38. The third kappa shape index (κ3) is 3.75. The van der Waals surface area contributed by atoms with Gasteiger partial charge >= 0.3 is 0 Å². The number of amides is 2. The Balaban J connectivity index is 1.26. The van der Waals surface area contributed by atoms with E-state index in [1.54, 1.807) is 0 Å². The van der Waals surface area contributed by atoms with E-state index in [-0.39, 0.29) is 21.6 Å². The normalized spacial score (nSPS) is 36.0. The van der Waals surface area contributed by atoms with Gasteiger partial charge in [0.2, 0.25) is 5.91 Å². The van der Waals surface area contributed by atoms with Gasteiger partial charge in [0.05, 0.1) is 5.41 Å². The summed E-state index contributed by atoms with van der Waals surface area (Å²) >= 11 is 3.99. The lowest BCUT2D eigenvalue weighted by molar-refractivity contribution is -0.138. The molecule has 1 N–H and O–H groups in total. The zero-order valence-electron chi connectivity index (χ0n) is 17.1. The van der Waals surface area contributed by atoms with Gasteiger partial charge in [-0.2, -0.15) is 0 Å². The van der Waals surface area contributed by atoms with Gasteiger partial charge in [0, 0.05) is 28.7 Å². The molecular formula is C24H31BrN2O2. The van der Waals surface area contributed by atoms with Crippen molar-refractivity contribution in [2.45, 2.75) is 68.5 Å². The average Bonchev–Trinajstić information content (AvgIpc) is 2.95. The van der Waals surface area contributed by atoms with Crippen molar-refractivity contribution in [3.8, 4) is 0 Å². The van der Waals surface area contributed by atoms with Gasteiger partial charge < -0.3 is 10.2 Å². The molecule has 1 aliphatic heterocycles. The average molecular weight is 459 g/mol. The van der Waals surface area contributed by atoms with Crippen LogP contribution in [0.4, 0.5) is 5.69 Å². The van der Waals surface area contributed by atoms with Gasteiger partial charge in [-0.1, -0.05) is 28.8 Å². The standard InChI is InChI=1S/C24H31BrN2O2/c25-24-14-17-11-18(15-24)13-23(12-17,16-24)22(29)26-20-7-5-19(6-8-20)21(28)27-9-3-1-2-4-10-27/h5-8,17-18H,1-4,9-16H2,(H,26,29). The van der Waals surface area contributed by atoms with E-state index in [0.29, 0.717) is 11.8 Å². The molecule has 5 aliphatic rings. The van der Waals surface area contributed by atoms with Crippen LogP contribution in [-0.4, -0.2) is 34.1 Å². The Kier molecular flexibility index (Phi) is 5.00. The van der Waals surface area contributed by atoms with Crippen molar-refractivity contribution in [1.82, 2.24) is 4.90 Å². The van der Waals surface area contributed by atoms with Crippen molar-refractivity contribution >= 4 is 33.4 Å². The minimum atomic E-state index is -0.214. The van der Waals surface area contributed by atoms with Crippen molar-refractivity contribution in [3.05, 3.63) is 29.8 Å². The molecule has 2 amide bonds. The summed E-state index contributed by atoms with van der Waals surface area (Å²) < 4.78 is 0.178. The first kappa shape index (κ1) is 19.6. The van der Waals surface area contributed by atoms with Crippen LogP contribution in [0, 0.1) is 17.3 Å². The second-order valence-corrected chi connectivity index (χ2v) is 11.8. The zero-order valence-corrected chi connectivity index (χ0v) is 18.7. The second kappa shape index (κ2) is 7.40. The molecule has 0 radical (unpaired) electrons. The lowest BCUT2D eigenvalue weighted by Crippen LogP contribution is -2.57. The summed E-state index contributed by atoms with van der Waals surface area (Å²) in [6, 6.07) is 7.53. The SMILES string of the molecule is O=C(c1ccc(NC(=O)C23CC4CC(CC(Br)(C4)C2)C3)cc1)N1CCCCCC1. The van der Waals surface area contributed by atoms with Crippen molar-refractivity contribution in [2.24, 2.45) is 17.3 Å². The molecular weight excluding hydrogens is 428 g/mol. The van der Waals surface area contributed by atoms with Gasteiger partial charge in [0.1, 0.15) is 0 Å². The first-order chi connectivity index (χ1) is 13.9. The Hall–Kier alpha value is -1.36. The number of nitrogens with zero attached hydrogens (tertiary/aromatic N) is 1. The fourth-order valence-corrected chi connectivity index (χ4v) is 8.28. The van der Waals surface area contributed by atoms with Crippen LogP contribution in [0.1, 0.15) is 74.6 Å². The molecule has 4 saturated carbocycles. The Morgan fingerprint density at radius 2 is 1.55 bits per heavy atom. The van der Waals surface area contributed by atoms with Crippen LogP contribution in [0.2, 0.25) is 0 Å². The molecule has 4 nitrogen and oxygen atoms in total. The van der Waals surface area contributed by atoms with Crippen LogP contribution in [-0.2, 0) is 4.79 Å². The van der Waals surface area contributed by atoms with Crippen LogP contribution >= 0.6 is 15.9 Å². The number of likely N-dealkylation sites (tertiary alicyclic amines) is 1. The van der Waals surface area contributed by atoms with E-state index in [9.17, 15) is 9.59 Å². The van der Waals surface area contributed by atoms with E-state index in [1.165, 1.54) is 32.1 Å². The predicted molar refractivity (Wildman–Crippen MR) is 118 cm³/mol. The van der Waals surface area contributed by atoms with E-state index in [1.807, 2.05) is 29.2 Å². The van der Waals surface area contributed by atoms with Gasteiger partial charge in [0.15, 0.2) is 0 Å². The van der Waals surface area contributed by atoms with Crippen LogP contribution in [0.15, 0.2) is 24.3 Å². The molecule has 156 valence electrons. The first-order valence-corrected chi connectivity index (χ1v) is 12.1. The summed E-state index contributed by atoms with van der Waals surface area (Å²) in [7, 11) is 0. The van der Waals surface area contributed by atoms with Crippen molar-refractivity contribution in [1.29, 1.82) is 0 Å². The summed E-state index contributed by atoms with van der Waals surface area (Å²) in [4.78, 5) is 28.1. The maximum absolute atomic E-state index is 13.3. The second-order valence-electron chi connectivity index (χ2n) is 10.1. The number of carbonyl (C=O) groups is 2. The van der Waals surface area contributed by atoms with Crippen LogP contribution in [0.25, 0.3) is 0 Å². The largest absolute Gasteiger partial charge is 0.339 e. The number of halogens is 1. The van der Waals surface area contributed by atoms with Gasteiger partial charge in [-0.15, -0.1) is 0 Å².